The summed E-state index contributed by atoms with van der Waals surface area (Å²) in [6.45, 7) is 4.09. The summed E-state index contributed by atoms with van der Waals surface area (Å²) in [5.41, 5.74) is 1.85. The molecule has 1 atom stereocenters. The summed E-state index contributed by atoms with van der Waals surface area (Å²) in [6, 6.07) is 9.50. The SMILES string of the molecule is Cc1nnc(NC(=O)CSc2nc3sc4c(c3c(=O)n2-c2ccccc2)CCC(C)C4)s1. The number of fused-ring (bicyclic) bond motifs is 3. The van der Waals surface area contributed by atoms with Gasteiger partial charge in [-0.1, -0.05) is 48.2 Å². The predicted octanol–water partition coefficient (Wildman–Crippen LogP) is 4.46. The summed E-state index contributed by atoms with van der Waals surface area (Å²) in [5.74, 6) is 0.527. The first kappa shape index (κ1) is 21.3. The van der Waals surface area contributed by atoms with Gasteiger partial charge in [0, 0.05) is 4.88 Å². The number of thiophene rings is 1. The van der Waals surface area contributed by atoms with Crippen molar-refractivity contribution in [3.05, 3.63) is 56.1 Å². The number of carbonyl (C=O) groups excluding carboxylic acids is 1. The summed E-state index contributed by atoms with van der Waals surface area (Å²) < 4.78 is 1.64. The van der Waals surface area contributed by atoms with Gasteiger partial charge in [0.15, 0.2) is 5.16 Å². The van der Waals surface area contributed by atoms with Gasteiger partial charge in [0.2, 0.25) is 11.0 Å². The summed E-state index contributed by atoms with van der Waals surface area (Å²) >= 11 is 4.20. The molecule has 1 amide bonds. The number of nitrogens with one attached hydrogen (secondary N) is 1. The topological polar surface area (TPSA) is 89.8 Å². The zero-order valence-electron chi connectivity index (χ0n) is 17.6. The minimum Gasteiger partial charge on any atom is -0.300 e. The molecular formula is C22H21N5O2S3. The number of aryl methyl sites for hydroxylation is 2. The lowest BCUT2D eigenvalue weighted by atomic mass is 9.89. The van der Waals surface area contributed by atoms with E-state index in [0.29, 0.717) is 16.2 Å². The van der Waals surface area contributed by atoms with Crippen LogP contribution in [-0.4, -0.2) is 31.4 Å². The van der Waals surface area contributed by atoms with Crippen molar-refractivity contribution < 1.29 is 4.79 Å². The Balaban J connectivity index is 1.53. The molecule has 3 aromatic heterocycles. The Labute approximate surface area is 196 Å². The second-order valence-electron chi connectivity index (χ2n) is 7.87. The van der Waals surface area contributed by atoms with Crippen molar-refractivity contribution in [1.29, 1.82) is 0 Å². The molecule has 1 aromatic carbocycles. The number of benzene rings is 1. The first-order valence-electron chi connectivity index (χ1n) is 10.3. The number of hydrogen-bond donors (Lipinski definition) is 1. The fourth-order valence-corrected chi connectivity index (χ4v) is 6.75. The molecule has 1 N–H and O–H groups in total. The van der Waals surface area contributed by atoms with Gasteiger partial charge < -0.3 is 0 Å². The Morgan fingerprint density at radius 2 is 2.06 bits per heavy atom. The number of hydrogen-bond acceptors (Lipinski definition) is 8. The molecule has 10 heteroatoms. The molecule has 0 saturated carbocycles. The van der Waals surface area contributed by atoms with E-state index in [0.717, 1.165) is 45.7 Å². The molecule has 0 radical (unpaired) electrons. The van der Waals surface area contributed by atoms with Gasteiger partial charge in [-0.3, -0.25) is 19.5 Å². The van der Waals surface area contributed by atoms with E-state index in [1.54, 1.807) is 15.9 Å². The quantitative estimate of drug-likeness (QED) is 0.333. The van der Waals surface area contributed by atoms with Gasteiger partial charge in [-0.25, -0.2) is 4.98 Å². The van der Waals surface area contributed by atoms with Crippen molar-refractivity contribution >= 4 is 55.7 Å². The van der Waals surface area contributed by atoms with E-state index in [1.165, 1.54) is 28.0 Å². The standard InChI is InChI=1S/C22H21N5O2S3/c1-12-8-9-15-16(10-12)32-19-18(15)20(29)27(14-6-4-3-5-7-14)22(24-19)30-11-17(28)23-21-26-25-13(2)31-21/h3-7,12H,8-11H2,1-2H3,(H,23,26,28). The van der Waals surface area contributed by atoms with E-state index in [-0.39, 0.29) is 17.2 Å². The Morgan fingerprint density at radius 1 is 1.25 bits per heavy atom. The summed E-state index contributed by atoms with van der Waals surface area (Å²) in [5, 5.41) is 13.1. The zero-order valence-corrected chi connectivity index (χ0v) is 20.1. The predicted molar refractivity (Wildman–Crippen MR) is 130 cm³/mol. The second-order valence-corrected chi connectivity index (χ2v) is 11.1. The lowest BCUT2D eigenvalue weighted by Gasteiger charge is -2.17. The number of thioether (sulfide) groups is 1. The van der Waals surface area contributed by atoms with Crippen LogP contribution < -0.4 is 10.9 Å². The first-order valence-corrected chi connectivity index (χ1v) is 13.0. The highest BCUT2D eigenvalue weighted by atomic mass is 32.2. The molecule has 5 rings (SSSR count). The third-order valence-corrected chi connectivity index (χ3v) is 8.26. The van der Waals surface area contributed by atoms with Crippen molar-refractivity contribution in [2.24, 2.45) is 5.92 Å². The fraction of sp³-hybridized carbons (Fsp3) is 0.318. The highest BCUT2D eigenvalue weighted by Crippen LogP contribution is 2.37. The van der Waals surface area contributed by atoms with Crippen LogP contribution in [0.25, 0.3) is 15.9 Å². The molecule has 1 aliphatic rings. The van der Waals surface area contributed by atoms with Gasteiger partial charge in [-0.2, -0.15) is 0 Å². The molecule has 0 saturated heterocycles. The maximum absolute atomic E-state index is 13.7. The van der Waals surface area contributed by atoms with Gasteiger partial charge in [0.25, 0.3) is 5.56 Å². The van der Waals surface area contributed by atoms with E-state index in [1.807, 2.05) is 37.3 Å². The van der Waals surface area contributed by atoms with Gasteiger partial charge in [0.1, 0.15) is 9.84 Å². The van der Waals surface area contributed by atoms with Gasteiger partial charge in [-0.15, -0.1) is 21.5 Å². The Morgan fingerprint density at radius 3 is 2.81 bits per heavy atom. The zero-order chi connectivity index (χ0) is 22.2. The fourth-order valence-electron chi connectivity index (χ4n) is 3.91. The number of anilines is 1. The number of aromatic nitrogens is 4. The number of carbonyl (C=O) groups is 1. The normalized spacial score (nSPS) is 15.6. The van der Waals surface area contributed by atoms with Crippen molar-refractivity contribution in [2.45, 2.75) is 38.3 Å². The maximum Gasteiger partial charge on any atom is 0.267 e. The lowest BCUT2D eigenvalue weighted by Crippen LogP contribution is -2.23. The molecule has 1 unspecified atom stereocenters. The molecule has 32 heavy (non-hydrogen) atoms. The number of rotatable bonds is 5. The van der Waals surface area contributed by atoms with Crippen LogP contribution in [0.5, 0.6) is 0 Å². The molecule has 0 fully saturated rings. The van der Waals surface area contributed by atoms with Crippen LogP contribution in [-0.2, 0) is 17.6 Å². The van der Waals surface area contributed by atoms with E-state index in [4.69, 9.17) is 4.98 Å². The van der Waals surface area contributed by atoms with Crippen LogP contribution in [0.4, 0.5) is 5.13 Å². The molecule has 3 heterocycles. The molecular weight excluding hydrogens is 462 g/mol. The molecule has 4 aromatic rings. The number of para-hydroxylation sites is 1. The molecule has 0 aliphatic heterocycles. The van der Waals surface area contributed by atoms with Crippen molar-refractivity contribution in [3.8, 4) is 5.69 Å². The maximum atomic E-state index is 13.7. The lowest BCUT2D eigenvalue weighted by molar-refractivity contribution is -0.113. The summed E-state index contributed by atoms with van der Waals surface area (Å²) in [6.07, 6.45) is 3.00. The molecule has 1 aliphatic carbocycles. The van der Waals surface area contributed by atoms with E-state index < -0.39 is 0 Å². The third-order valence-electron chi connectivity index (χ3n) is 5.42. The smallest absolute Gasteiger partial charge is 0.267 e. The Hall–Kier alpha value is -2.56. The minimum atomic E-state index is -0.209. The Kier molecular flexibility index (Phi) is 5.83. The number of amides is 1. The minimum absolute atomic E-state index is 0.0593. The van der Waals surface area contributed by atoms with Crippen LogP contribution in [0.3, 0.4) is 0 Å². The van der Waals surface area contributed by atoms with Crippen LogP contribution >= 0.6 is 34.4 Å². The van der Waals surface area contributed by atoms with Gasteiger partial charge in [0.05, 0.1) is 16.8 Å². The highest BCUT2D eigenvalue weighted by molar-refractivity contribution is 7.99. The van der Waals surface area contributed by atoms with Crippen molar-refractivity contribution in [2.75, 3.05) is 11.1 Å². The number of nitrogens with zero attached hydrogens (tertiary/aromatic N) is 4. The van der Waals surface area contributed by atoms with E-state index in [9.17, 15) is 9.59 Å². The average Bonchev–Trinajstić information content (AvgIpc) is 3.35. The van der Waals surface area contributed by atoms with E-state index >= 15 is 0 Å². The Bertz CT molecular complexity index is 1360. The summed E-state index contributed by atoms with van der Waals surface area (Å²) in [4.78, 5) is 33.1. The van der Waals surface area contributed by atoms with Crippen LogP contribution in [0.1, 0.15) is 28.8 Å². The highest BCUT2D eigenvalue weighted by Gasteiger charge is 2.25. The average molecular weight is 484 g/mol. The van der Waals surface area contributed by atoms with Crippen LogP contribution in [0.15, 0.2) is 40.3 Å². The first-order chi connectivity index (χ1) is 15.5. The largest absolute Gasteiger partial charge is 0.300 e. The van der Waals surface area contributed by atoms with Crippen molar-refractivity contribution in [1.82, 2.24) is 19.7 Å². The molecule has 0 spiro atoms. The van der Waals surface area contributed by atoms with Gasteiger partial charge in [-0.05, 0) is 49.8 Å². The van der Waals surface area contributed by atoms with Crippen LogP contribution in [0, 0.1) is 12.8 Å². The second kappa shape index (κ2) is 8.76. The van der Waals surface area contributed by atoms with E-state index in [2.05, 4.69) is 22.4 Å². The van der Waals surface area contributed by atoms with Crippen molar-refractivity contribution in [3.63, 3.8) is 0 Å². The molecule has 7 nitrogen and oxygen atoms in total. The van der Waals surface area contributed by atoms with Crippen LogP contribution in [0.2, 0.25) is 0 Å². The van der Waals surface area contributed by atoms with Gasteiger partial charge >= 0.3 is 0 Å². The molecule has 164 valence electrons. The summed E-state index contributed by atoms with van der Waals surface area (Å²) in [7, 11) is 0. The molecule has 0 bridgehead atoms. The third kappa shape index (κ3) is 4.10. The monoisotopic (exact) mass is 483 g/mol.